The van der Waals surface area contributed by atoms with Crippen molar-refractivity contribution < 1.29 is 19.2 Å². The Balaban J connectivity index is 1.56. The second kappa shape index (κ2) is 7.19. The minimum Gasteiger partial charge on any atom is -0.314 e. The van der Waals surface area contributed by atoms with Crippen molar-refractivity contribution in [3.8, 4) is 12.3 Å². The topological polar surface area (TPSA) is 98.8 Å². The summed E-state index contributed by atoms with van der Waals surface area (Å²) in [6.45, 7) is 2.81. The van der Waals surface area contributed by atoms with E-state index in [2.05, 4.69) is 21.5 Å². The number of nitrogens with zero attached hydrogens (tertiary/aromatic N) is 2. The molecule has 1 aromatic carbocycles. The number of rotatable bonds is 5. The van der Waals surface area contributed by atoms with Crippen LogP contribution in [0, 0.1) is 12.3 Å². The number of hydrogen-bond donors (Lipinski definition) is 2. The van der Waals surface area contributed by atoms with Crippen molar-refractivity contribution in [1.82, 2.24) is 20.4 Å². The van der Waals surface area contributed by atoms with E-state index in [-0.39, 0.29) is 24.3 Å². The summed E-state index contributed by atoms with van der Waals surface area (Å²) in [5.41, 5.74) is 1.46. The highest BCUT2D eigenvalue weighted by molar-refractivity contribution is 6.23. The molecule has 0 bridgehead atoms. The molecule has 3 heterocycles. The summed E-state index contributed by atoms with van der Waals surface area (Å²) in [4.78, 5) is 52.2. The first-order valence-corrected chi connectivity index (χ1v) is 9.22. The predicted molar refractivity (Wildman–Crippen MR) is 99.0 cm³/mol. The van der Waals surface area contributed by atoms with Crippen LogP contribution in [0.5, 0.6) is 0 Å². The molecule has 0 radical (unpaired) electrons. The van der Waals surface area contributed by atoms with Crippen molar-refractivity contribution in [3.63, 3.8) is 0 Å². The number of carbonyl (C=O) groups is 4. The quantitative estimate of drug-likeness (QED) is 0.528. The summed E-state index contributed by atoms with van der Waals surface area (Å²) in [6, 6.07) is 4.54. The van der Waals surface area contributed by atoms with Crippen molar-refractivity contribution >= 4 is 23.6 Å². The number of benzene rings is 1. The fourth-order valence-electron chi connectivity index (χ4n) is 3.81. The van der Waals surface area contributed by atoms with Gasteiger partial charge in [0.2, 0.25) is 11.8 Å². The SMILES string of the molecule is C#CCN(Cc1ccc2c(c1)C(=O)N(C1CCC(=O)NC1=O)C2=O)C1CNC1. The maximum absolute atomic E-state index is 12.9. The van der Waals surface area contributed by atoms with E-state index < -0.39 is 23.8 Å². The number of piperidine rings is 1. The van der Waals surface area contributed by atoms with Crippen LogP contribution in [0.3, 0.4) is 0 Å². The van der Waals surface area contributed by atoms with Gasteiger partial charge < -0.3 is 5.32 Å². The number of nitrogens with one attached hydrogen (secondary N) is 2. The Bertz CT molecular complexity index is 915. The molecule has 28 heavy (non-hydrogen) atoms. The summed E-state index contributed by atoms with van der Waals surface area (Å²) in [6.07, 6.45) is 5.72. The first-order chi connectivity index (χ1) is 13.5. The van der Waals surface area contributed by atoms with Gasteiger partial charge in [-0.25, -0.2) is 0 Å². The van der Waals surface area contributed by atoms with E-state index in [4.69, 9.17) is 6.42 Å². The number of amides is 4. The predicted octanol–water partition coefficient (Wildman–Crippen LogP) is -0.505. The molecule has 3 aliphatic heterocycles. The summed E-state index contributed by atoms with van der Waals surface area (Å²) in [5.74, 6) is 0.673. The molecule has 2 fully saturated rings. The molecule has 4 amide bonds. The van der Waals surface area contributed by atoms with Crippen LogP contribution < -0.4 is 10.6 Å². The molecule has 8 nitrogen and oxygen atoms in total. The monoisotopic (exact) mass is 380 g/mol. The van der Waals surface area contributed by atoms with E-state index in [0.29, 0.717) is 24.7 Å². The molecule has 4 rings (SSSR count). The number of imide groups is 2. The molecular weight excluding hydrogens is 360 g/mol. The Kier molecular flexibility index (Phi) is 4.71. The molecule has 1 aromatic rings. The molecule has 2 N–H and O–H groups in total. The normalized spacial score (nSPS) is 22.1. The number of fused-ring (bicyclic) bond motifs is 1. The van der Waals surface area contributed by atoms with Crippen molar-refractivity contribution in [2.24, 2.45) is 0 Å². The summed E-state index contributed by atoms with van der Waals surface area (Å²) < 4.78 is 0. The Morgan fingerprint density at radius 2 is 1.89 bits per heavy atom. The zero-order chi connectivity index (χ0) is 19.8. The Morgan fingerprint density at radius 3 is 2.54 bits per heavy atom. The van der Waals surface area contributed by atoms with Crippen LogP contribution >= 0.6 is 0 Å². The maximum Gasteiger partial charge on any atom is 0.262 e. The van der Waals surface area contributed by atoms with Crippen molar-refractivity contribution in [1.29, 1.82) is 0 Å². The highest BCUT2D eigenvalue weighted by atomic mass is 16.2. The van der Waals surface area contributed by atoms with Gasteiger partial charge in [0, 0.05) is 32.1 Å². The lowest BCUT2D eigenvalue weighted by Gasteiger charge is -2.37. The lowest BCUT2D eigenvalue weighted by atomic mass is 10.0. The number of carbonyl (C=O) groups excluding carboxylic acids is 4. The lowest BCUT2D eigenvalue weighted by molar-refractivity contribution is -0.136. The van der Waals surface area contributed by atoms with Gasteiger partial charge in [0.25, 0.3) is 11.8 Å². The van der Waals surface area contributed by atoms with Gasteiger partial charge in [-0.05, 0) is 24.1 Å². The average Bonchev–Trinajstić information content (AvgIpc) is 2.85. The smallest absolute Gasteiger partial charge is 0.262 e. The van der Waals surface area contributed by atoms with Crippen LogP contribution in [0.4, 0.5) is 0 Å². The van der Waals surface area contributed by atoms with Gasteiger partial charge in [0.05, 0.1) is 17.7 Å². The van der Waals surface area contributed by atoms with E-state index in [1.54, 1.807) is 12.1 Å². The third kappa shape index (κ3) is 3.09. The van der Waals surface area contributed by atoms with Crippen LogP contribution in [0.1, 0.15) is 39.1 Å². The van der Waals surface area contributed by atoms with Crippen LogP contribution in [0.15, 0.2) is 18.2 Å². The van der Waals surface area contributed by atoms with Gasteiger partial charge in [0.1, 0.15) is 6.04 Å². The van der Waals surface area contributed by atoms with E-state index in [1.165, 1.54) is 0 Å². The first kappa shape index (κ1) is 18.3. The van der Waals surface area contributed by atoms with E-state index in [1.807, 2.05) is 6.07 Å². The second-order valence-electron chi connectivity index (χ2n) is 7.25. The summed E-state index contributed by atoms with van der Waals surface area (Å²) >= 11 is 0. The molecule has 144 valence electrons. The van der Waals surface area contributed by atoms with Gasteiger partial charge in [-0.15, -0.1) is 6.42 Å². The average molecular weight is 380 g/mol. The number of terminal acetylenes is 1. The molecule has 1 atom stereocenters. The lowest BCUT2D eigenvalue weighted by Crippen LogP contribution is -2.56. The minimum atomic E-state index is -0.951. The maximum atomic E-state index is 12.9. The summed E-state index contributed by atoms with van der Waals surface area (Å²) in [7, 11) is 0. The van der Waals surface area contributed by atoms with Crippen LogP contribution in [-0.2, 0) is 16.1 Å². The van der Waals surface area contributed by atoms with Gasteiger partial charge in [-0.2, -0.15) is 0 Å². The highest BCUT2D eigenvalue weighted by Crippen LogP contribution is 2.28. The first-order valence-electron chi connectivity index (χ1n) is 9.22. The van der Waals surface area contributed by atoms with E-state index in [9.17, 15) is 19.2 Å². The third-order valence-corrected chi connectivity index (χ3v) is 5.46. The van der Waals surface area contributed by atoms with Gasteiger partial charge in [0.15, 0.2) is 0 Å². The van der Waals surface area contributed by atoms with Crippen LogP contribution in [0.2, 0.25) is 0 Å². The van der Waals surface area contributed by atoms with Gasteiger partial charge in [-0.3, -0.25) is 34.3 Å². The van der Waals surface area contributed by atoms with Crippen LogP contribution in [-0.4, -0.2) is 65.1 Å². The van der Waals surface area contributed by atoms with Gasteiger partial charge >= 0.3 is 0 Å². The standard InChI is InChI=1S/C20H20N4O4/c1-2-7-23(13-9-21-10-13)11-12-3-4-14-15(8-12)20(28)24(19(14)27)16-5-6-17(25)22-18(16)26/h1,3-4,8,13,16,21H,5-7,9-11H2,(H,22,25,26). The molecule has 0 spiro atoms. The fraction of sp³-hybridized carbons (Fsp3) is 0.400. The summed E-state index contributed by atoms with van der Waals surface area (Å²) in [5, 5.41) is 5.41. The zero-order valence-corrected chi connectivity index (χ0v) is 15.2. The minimum absolute atomic E-state index is 0.103. The Hall–Kier alpha value is -3.02. The zero-order valence-electron chi connectivity index (χ0n) is 15.2. The molecule has 8 heteroatoms. The molecule has 1 unspecified atom stereocenters. The van der Waals surface area contributed by atoms with Crippen LogP contribution in [0.25, 0.3) is 0 Å². The Labute approximate surface area is 162 Å². The second-order valence-corrected chi connectivity index (χ2v) is 7.25. The highest BCUT2D eigenvalue weighted by Gasteiger charge is 2.44. The van der Waals surface area contributed by atoms with E-state index in [0.717, 1.165) is 23.6 Å². The molecule has 0 saturated carbocycles. The Morgan fingerprint density at radius 1 is 1.14 bits per heavy atom. The molecule has 3 aliphatic rings. The fourth-order valence-corrected chi connectivity index (χ4v) is 3.81. The molecule has 2 saturated heterocycles. The molecule has 0 aliphatic carbocycles. The van der Waals surface area contributed by atoms with E-state index >= 15 is 0 Å². The largest absolute Gasteiger partial charge is 0.314 e. The van der Waals surface area contributed by atoms with Crippen molar-refractivity contribution in [3.05, 3.63) is 34.9 Å². The number of hydrogen-bond acceptors (Lipinski definition) is 6. The third-order valence-electron chi connectivity index (χ3n) is 5.46. The van der Waals surface area contributed by atoms with Crippen molar-refractivity contribution in [2.75, 3.05) is 19.6 Å². The van der Waals surface area contributed by atoms with Gasteiger partial charge in [-0.1, -0.05) is 12.0 Å². The molecule has 0 aromatic heterocycles. The molecular formula is C20H20N4O4. The van der Waals surface area contributed by atoms with Crippen molar-refractivity contribution in [2.45, 2.75) is 31.5 Å².